The summed E-state index contributed by atoms with van der Waals surface area (Å²) in [5, 5.41) is 0.862. The molecule has 0 unspecified atom stereocenters. The second-order valence-electron chi connectivity index (χ2n) is 7.55. The Labute approximate surface area is 154 Å². The zero-order valence-electron chi connectivity index (χ0n) is 15.8. The Morgan fingerprint density at radius 1 is 1.16 bits per heavy atom. The van der Waals surface area contributed by atoms with Crippen LogP contribution >= 0.6 is 11.3 Å². The van der Waals surface area contributed by atoms with Crippen molar-refractivity contribution in [1.82, 2.24) is 9.88 Å². The Morgan fingerprint density at radius 2 is 1.88 bits per heavy atom. The van der Waals surface area contributed by atoms with Gasteiger partial charge in [0.1, 0.15) is 0 Å². The summed E-state index contributed by atoms with van der Waals surface area (Å²) in [5.74, 6) is 0.445. The number of aryl methyl sites for hydroxylation is 2. The highest BCUT2D eigenvalue weighted by Crippen LogP contribution is 2.34. The smallest absolute Gasteiger partial charge is 0.231 e. The fourth-order valence-electron chi connectivity index (χ4n) is 3.64. The summed E-state index contributed by atoms with van der Waals surface area (Å²) in [6, 6.07) is 4.34. The van der Waals surface area contributed by atoms with Gasteiger partial charge in [-0.1, -0.05) is 36.7 Å². The largest absolute Gasteiger partial charge is 0.308 e. The van der Waals surface area contributed by atoms with Crippen LogP contribution in [-0.2, 0) is 4.79 Å². The summed E-state index contributed by atoms with van der Waals surface area (Å²) in [6.07, 6.45) is 5.67. The molecule has 1 heterocycles. The van der Waals surface area contributed by atoms with Gasteiger partial charge >= 0.3 is 0 Å². The predicted octanol–water partition coefficient (Wildman–Crippen LogP) is 4.39. The third kappa shape index (κ3) is 4.21. The standard InChI is InChI=1S/C20H29N3OS/c1-14-12-15(2)18-17(13-14)25-20(21-18)23(11-10-22(3)4)19(24)16-8-6-5-7-9-16/h12-13,16H,5-11H2,1-4H3. The molecule has 5 heteroatoms. The van der Waals surface area contributed by atoms with Crippen LogP contribution < -0.4 is 4.90 Å². The lowest BCUT2D eigenvalue weighted by atomic mass is 9.88. The Bertz CT molecular complexity index is 747. The van der Waals surface area contributed by atoms with E-state index < -0.39 is 0 Å². The fourth-order valence-corrected chi connectivity index (χ4v) is 4.82. The van der Waals surface area contributed by atoms with Gasteiger partial charge in [0.05, 0.1) is 10.2 Å². The Kier molecular flexibility index (Phi) is 5.74. The summed E-state index contributed by atoms with van der Waals surface area (Å²) in [5.41, 5.74) is 3.48. The van der Waals surface area contributed by atoms with E-state index in [1.54, 1.807) is 11.3 Å². The molecule has 1 aromatic carbocycles. The number of benzene rings is 1. The van der Waals surface area contributed by atoms with Crippen molar-refractivity contribution in [3.8, 4) is 0 Å². The van der Waals surface area contributed by atoms with Crippen molar-refractivity contribution >= 4 is 32.6 Å². The first-order valence-corrected chi connectivity index (χ1v) is 10.1. The first kappa shape index (κ1) is 18.3. The lowest BCUT2D eigenvalue weighted by molar-refractivity contribution is -0.123. The third-order valence-electron chi connectivity index (χ3n) is 5.04. The van der Waals surface area contributed by atoms with Gasteiger partial charge in [0.15, 0.2) is 5.13 Å². The van der Waals surface area contributed by atoms with Gasteiger partial charge in [0.25, 0.3) is 0 Å². The molecule has 136 valence electrons. The molecule has 0 saturated heterocycles. The lowest BCUT2D eigenvalue weighted by Crippen LogP contribution is -2.41. The lowest BCUT2D eigenvalue weighted by Gasteiger charge is -2.28. The number of fused-ring (bicyclic) bond motifs is 1. The maximum atomic E-state index is 13.2. The second-order valence-corrected chi connectivity index (χ2v) is 8.56. The van der Waals surface area contributed by atoms with Crippen LogP contribution in [0.15, 0.2) is 12.1 Å². The minimum absolute atomic E-state index is 0.172. The van der Waals surface area contributed by atoms with E-state index in [9.17, 15) is 4.79 Å². The van der Waals surface area contributed by atoms with Crippen LogP contribution in [0, 0.1) is 19.8 Å². The van der Waals surface area contributed by atoms with E-state index in [1.165, 1.54) is 35.1 Å². The minimum Gasteiger partial charge on any atom is -0.308 e. The molecule has 0 aliphatic heterocycles. The molecule has 1 fully saturated rings. The Morgan fingerprint density at radius 3 is 2.56 bits per heavy atom. The zero-order chi connectivity index (χ0) is 18.0. The molecule has 4 nitrogen and oxygen atoms in total. The van der Waals surface area contributed by atoms with Crippen LogP contribution in [0.2, 0.25) is 0 Å². The maximum Gasteiger partial charge on any atom is 0.231 e. The van der Waals surface area contributed by atoms with Gasteiger partial charge in [-0.3, -0.25) is 9.69 Å². The average Bonchev–Trinajstić information content (AvgIpc) is 2.99. The second kappa shape index (κ2) is 7.83. The van der Waals surface area contributed by atoms with E-state index >= 15 is 0 Å². The van der Waals surface area contributed by atoms with Crippen LogP contribution in [0.1, 0.15) is 43.2 Å². The predicted molar refractivity (Wildman–Crippen MR) is 107 cm³/mol. The third-order valence-corrected chi connectivity index (χ3v) is 6.07. The first-order valence-electron chi connectivity index (χ1n) is 9.29. The summed E-state index contributed by atoms with van der Waals surface area (Å²) < 4.78 is 1.18. The number of nitrogens with zero attached hydrogens (tertiary/aromatic N) is 3. The van der Waals surface area contributed by atoms with Gasteiger partial charge in [-0.2, -0.15) is 0 Å². The van der Waals surface area contributed by atoms with Gasteiger partial charge in [-0.15, -0.1) is 0 Å². The summed E-state index contributed by atoms with van der Waals surface area (Å²) in [4.78, 5) is 22.1. The van der Waals surface area contributed by atoms with Crippen LogP contribution in [0.4, 0.5) is 5.13 Å². The van der Waals surface area contributed by atoms with E-state index in [0.29, 0.717) is 6.54 Å². The molecule has 1 amide bonds. The van der Waals surface area contributed by atoms with Crippen molar-refractivity contribution in [1.29, 1.82) is 0 Å². The number of aromatic nitrogens is 1. The molecule has 0 atom stereocenters. The normalized spacial score (nSPS) is 15.9. The Hall–Kier alpha value is -1.46. The molecule has 0 radical (unpaired) electrons. The van der Waals surface area contributed by atoms with Crippen molar-refractivity contribution in [2.75, 3.05) is 32.1 Å². The van der Waals surface area contributed by atoms with Crippen LogP contribution in [0.3, 0.4) is 0 Å². The van der Waals surface area contributed by atoms with E-state index in [-0.39, 0.29) is 11.8 Å². The summed E-state index contributed by atoms with van der Waals surface area (Å²) in [7, 11) is 4.10. The molecule has 1 saturated carbocycles. The van der Waals surface area contributed by atoms with Gasteiger partial charge in [-0.05, 0) is 58.0 Å². The van der Waals surface area contributed by atoms with Crippen LogP contribution in [0.25, 0.3) is 10.2 Å². The van der Waals surface area contributed by atoms with Crippen molar-refractivity contribution in [3.05, 3.63) is 23.3 Å². The quantitative estimate of drug-likeness (QED) is 0.794. The van der Waals surface area contributed by atoms with E-state index in [1.807, 2.05) is 4.90 Å². The SMILES string of the molecule is Cc1cc(C)c2nc(N(CCN(C)C)C(=O)C3CCCCC3)sc2c1. The topological polar surface area (TPSA) is 36.4 Å². The number of rotatable bonds is 5. The molecule has 0 N–H and O–H groups in total. The van der Waals surface area contributed by atoms with Gasteiger partial charge in [-0.25, -0.2) is 4.98 Å². The molecule has 2 aromatic rings. The van der Waals surface area contributed by atoms with E-state index in [0.717, 1.165) is 30.0 Å². The summed E-state index contributed by atoms with van der Waals surface area (Å²) >= 11 is 1.65. The highest BCUT2D eigenvalue weighted by atomic mass is 32.1. The number of amides is 1. The molecule has 1 aliphatic rings. The molecule has 0 bridgehead atoms. The number of likely N-dealkylation sites (N-methyl/N-ethyl adjacent to an activating group) is 1. The first-order chi connectivity index (χ1) is 12.0. The number of carbonyl (C=O) groups excluding carboxylic acids is 1. The zero-order valence-corrected chi connectivity index (χ0v) is 16.7. The number of thiazole rings is 1. The Balaban J connectivity index is 1.92. The van der Waals surface area contributed by atoms with Gasteiger partial charge < -0.3 is 4.90 Å². The average molecular weight is 360 g/mol. The van der Waals surface area contributed by atoms with Crippen molar-refractivity contribution in [2.24, 2.45) is 5.92 Å². The molecular formula is C20H29N3OS. The molecule has 25 heavy (non-hydrogen) atoms. The van der Waals surface area contributed by atoms with Crippen molar-refractivity contribution in [2.45, 2.75) is 46.0 Å². The van der Waals surface area contributed by atoms with Gasteiger partial charge in [0, 0.05) is 19.0 Å². The number of hydrogen-bond acceptors (Lipinski definition) is 4. The molecule has 1 aromatic heterocycles. The van der Waals surface area contributed by atoms with E-state index in [2.05, 4.69) is 45.0 Å². The number of hydrogen-bond donors (Lipinski definition) is 0. The molecule has 0 spiro atoms. The van der Waals surface area contributed by atoms with Gasteiger partial charge in [0.2, 0.25) is 5.91 Å². The van der Waals surface area contributed by atoms with Crippen LogP contribution in [-0.4, -0.2) is 43.0 Å². The molecule has 1 aliphatic carbocycles. The highest BCUT2D eigenvalue weighted by molar-refractivity contribution is 7.22. The monoisotopic (exact) mass is 359 g/mol. The maximum absolute atomic E-state index is 13.2. The summed E-state index contributed by atoms with van der Waals surface area (Å²) in [6.45, 7) is 5.78. The fraction of sp³-hybridized carbons (Fsp3) is 0.600. The molecular weight excluding hydrogens is 330 g/mol. The van der Waals surface area contributed by atoms with Crippen molar-refractivity contribution in [3.63, 3.8) is 0 Å². The minimum atomic E-state index is 0.172. The van der Waals surface area contributed by atoms with E-state index in [4.69, 9.17) is 4.98 Å². The van der Waals surface area contributed by atoms with Crippen molar-refractivity contribution < 1.29 is 4.79 Å². The number of carbonyl (C=O) groups is 1. The van der Waals surface area contributed by atoms with Crippen LogP contribution in [0.5, 0.6) is 0 Å². The highest BCUT2D eigenvalue weighted by Gasteiger charge is 2.28. The number of anilines is 1. The molecule has 3 rings (SSSR count).